The fourth-order valence-corrected chi connectivity index (χ4v) is 2.66. The van der Waals surface area contributed by atoms with Crippen LogP contribution >= 0.6 is 0 Å². The van der Waals surface area contributed by atoms with E-state index in [9.17, 15) is 9.18 Å². The van der Waals surface area contributed by atoms with Gasteiger partial charge in [-0.25, -0.2) is 4.39 Å². The summed E-state index contributed by atoms with van der Waals surface area (Å²) in [4.78, 5) is 12.0. The third-order valence-electron chi connectivity index (χ3n) is 4.00. The Morgan fingerprint density at radius 3 is 2.90 bits per heavy atom. The van der Waals surface area contributed by atoms with E-state index < -0.39 is 6.04 Å². The Labute approximate surface area is 120 Å². The molecule has 0 aliphatic carbocycles. The Morgan fingerprint density at radius 1 is 1.40 bits per heavy atom. The molecule has 1 heterocycles. The van der Waals surface area contributed by atoms with Crippen molar-refractivity contribution in [2.24, 2.45) is 5.92 Å². The molecule has 2 unspecified atom stereocenters. The molecule has 2 atom stereocenters. The zero-order chi connectivity index (χ0) is 14.5. The molecule has 1 aromatic carbocycles. The summed E-state index contributed by atoms with van der Waals surface area (Å²) in [6.45, 7) is 5.15. The van der Waals surface area contributed by atoms with Gasteiger partial charge >= 0.3 is 0 Å². The summed E-state index contributed by atoms with van der Waals surface area (Å²) in [6.07, 6.45) is 4.67. The molecule has 0 spiro atoms. The highest BCUT2D eigenvalue weighted by Gasteiger charge is 2.30. The lowest BCUT2D eigenvalue weighted by molar-refractivity contribution is -0.117. The van der Waals surface area contributed by atoms with Crippen molar-refractivity contribution < 1.29 is 9.18 Å². The second-order valence-electron chi connectivity index (χ2n) is 5.48. The average molecular weight is 278 g/mol. The molecule has 1 aromatic rings. The summed E-state index contributed by atoms with van der Waals surface area (Å²) in [6, 6.07) is 4.02. The van der Waals surface area contributed by atoms with Crippen molar-refractivity contribution in [2.75, 3.05) is 11.9 Å². The molecule has 0 aromatic heterocycles. The average Bonchev–Trinajstić information content (AvgIpc) is 2.74. The van der Waals surface area contributed by atoms with Crippen molar-refractivity contribution in [1.29, 1.82) is 0 Å². The van der Waals surface area contributed by atoms with E-state index in [1.54, 1.807) is 6.07 Å². The van der Waals surface area contributed by atoms with Crippen LogP contribution in [0.1, 0.15) is 51.1 Å². The molecule has 0 bridgehead atoms. The predicted octanol–water partition coefficient (Wildman–Crippen LogP) is 3.62. The molecule has 20 heavy (non-hydrogen) atoms. The van der Waals surface area contributed by atoms with Crippen LogP contribution in [0.25, 0.3) is 0 Å². The lowest BCUT2D eigenvalue weighted by Gasteiger charge is -2.18. The van der Waals surface area contributed by atoms with E-state index in [0.29, 0.717) is 5.92 Å². The molecule has 1 amide bonds. The summed E-state index contributed by atoms with van der Waals surface area (Å²) in [5, 5.41) is 6.09. The highest BCUT2D eigenvalue weighted by Crippen LogP contribution is 2.31. The van der Waals surface area contributed by atoms with E-state index in [4.69, 9.17) is 0 Å². The number of hydrogen-bond acceptors (Lipinski definition) is 2. The van der Waals surface area contributed by atoms with E-state index in [-0.39, 0.29) is 11.7 Å². The first kappa shape index (κ1) is 15.0. The van der Waals surface area contributed by atoms with Gasteiger partial charge in [0, 0.05) is 11.3 Å². The van der Waals surface area contributed by atoms with Crippen molar-refractivity contribution in [2.45, 2.75) is 45.6 Å². The number of unbranched alkanes of at least 4 members (excludes halogenated alkanes) is 1. The number of benzene rings is 1. The molecule has 0 fully saturated rings. The van der Waals surface area contributed by atoms with Crippen LogP contribution in [0.5, 0.6) is 0 Å². The first-order valence-electron chi connectivity index (χ1n) is 7.49. The van der Waals surface area contributed by atoms with Gasteiger partial charge in [-0.15, -0.1) is 0 Å². The highest BCUT2D eigenvalue weighted by atomic mass is 19.1. The van der Waals surface area contributed by atoms with Crippen LogP contribution in [-0.4, -0.2) is 12.5 Å². The Bertz CT molecular complexity index is 476. The summed E-state index contributed by atoms with van der Waals surface area (Å²) in [7, 11) is 0. The van der Waals surface area contributed by atoms with E-state index in [0.717, 1.165) is 24.2 Å². The molecule has 0 radical (unpaired) electrons. The molecule has 0 saturated heterocycles. The van der Waals surface area contributed by atoms with Crippen LogP contribution in [0.2, 0.25) is 0 Å². The first-order valence-corrected chi connectivity index (χ1v) is 7.49. The van der Waals surface area contributed by atoms with Crippen LogP contribution in [0.15, 0.2) is 18.2 Å². The number of halogens is 1. The molecule has 0 saturated carbocycles. The first-order chi connectivity index (χ1) is 9.65. The van der Waals surface area contributed by atoms with Gasteiger partial charge in [0.15, 0.2) is 0 Å². The van der Waals surface area contributed by atoms with Crippen molar-refractivity contribution in [1.82, 2.24) is 5.32 Å². The summed E-state index contributed by atoms with van der Waals surface area (Å²) in [5.74, 6) is 0.182. The number of carbonyl (C=O) groups excluding carboxylic acids is 1. The van der Waals surface area contributed by atoms with Crippen LogP contribution in [0.3, 0.4) is 0 Å². The maximum absolute atomic E-state index is 13.3. The maximum Gasteiger partial charge on any atom is 0.246 e. The van der Waals surface area contributed by atoms with E-state index in [2.05, 4.69) is 24.5 Å². The summed E-state index contributed by atoms with van der Waals surface area (Å²) in [5.41, 5.74) is 1.44. The minimum Gasteiger partial charge on any atom is -0.324 e. The van der Waals surface area contributed by atoms with E-state index in [1.165, 1.54) is 31.4 Å². The highest BCUT2D eigenvalue weighted by molar-refractivity contribution is 6.02. The summed E-state index contributed by atoms with van der Waals surface area (Å²) >= 11 is 0. The van der Waals surface area contributed by atoms with Crippen LogP contribution < -0.4 is 10.6 Å². The number of nitrogens with one attached hydrogen (secondary N) is 2. The Hall–Kier alpha value is -1.42. The smallest absolute Gasteiger partial charge is 0.246 e. The number of carbonyl (C=O) groups is 1. The van der Waals surface area contributed by atoms with E-state index >= 15 is 0 Å². The van der Waals surface area contributed by atoms with Gasteiger partial charge in [0.25, 0.3) is 0 Å². The van der Waals surface area contributed by atoms with Crippen molar-refractivity contribution in [3.8, 4) is 0 Å². The van der Waals surface area contributed by atoms with Gasteiger partial charge < -0.3 is 10.6 Å². The zero-order valence-electron chi connectivity index (χ0n) is 12.2. The van der Waals surface area contributed by atoms with Gasteiger partial charge in [-0.3, -0.25) is 4.79 Å². The fraction of sp³-hybridized carbons (Fsp3) is 0.562. The van der Waals surface area contributed by atoms with Gasteiger partial charge in [-0.05, 0) is 37.1 Å². The number of hydrogen-bond donors (Lipinski definition) is 2. The number of fused-ring (bicyclic) bond motifs is 1. The minimum absolute atomic E-state index is 0.0871. The standard InChI is InChI=1S/C16H23FN2O/c1-3-5-6-11(4-2)10-18-15-13-9-12(17)7-8-14(13)19-16(15)20/h7-9,11,15,18H,3-6,10H2,1-2H3,(H,19,20). The largest absolute Gasteiger partial charge is 0.324 e. The third kappa shape index (κ3) is 3.37. The molecular formula is C16H23FN2O. The quantitative estimate of drug-likeness (QED) is 0.799. The number of amides is 1. The zero-order valence-corrected chi connectivity index (χ0v) is 12.2. The molecule has 1 aliphatic heterocycles. The lowest BCUT2D eigenvalue weighted by atomic mass is 9.98. The normalized spacial score (nSPS) is 18.8. The van der Waals surface area contributed by atoms with Crippen LogP contribution in [-0.2, 0) is 4.79 Å². The summed E-state index contributed by atoms with van der Waals surface area (Å²) < 4.78 is 13.3. The van der Waals surface area contributed by atoms with Crippen molar-refractivity contribution in [3.05, 3.63) is 29.6 Å². The fourth-order valence-electron chi connectivity index (χ4n) is 2.66. The lowest BCUT2D eigenvalue weighted by Crippen LogP contribution is -2.31. The van der Waals surface area contributed by atoms with Crippen molar-refractivity contribution in [3.63, 3.8) is 0 Å². The van der Waals surface area contributed by atoms with Crippen molar-refractivity contribution >= 4 is 11.6 Å². The topological polar surface area (TPSA) is 41.1 Å². The molecule has 4 heteroatoms. The molecule has 2 rings (SSSR count). The number of rotatable bonds is 7. The van der Waals surface area contributed by atoms with Gasteiger partial charge in [-0.1, -0.05) is 33.1 Å². The molecular weight excluding hydrogens is 255 g/mol. The SMILES string of the molecule is CCCCC(CC)CNC1C(=O)Nc2ccc(F)cc21. The Morgan fingerprint density at radius 2 is 2.20 bits per heavy atom. The Balaban J connectivity index is 1.99. The number of anilines is 1. The predicted molar refractivity (Wildman–Crippen MR) is 79.1 cm³/mol. The molecule has 110 valence electrons. The van der Waals surface area contributed by atoms with Gasteiger partial charge in [0.1, 0.15) is 11.9 Å². The van der Waals surface area contributed by atoms with E-state index in [1.807, 2.05) is 0 Å². The maximum atomic E-state index is 13.3. The monoisotopic (exact) mass is 278 g/mol. The second-order valence-corrected chi connectivity index (χ2v) is 5.48. The van der Waals surface area contributed by atoms with Crippen LogP contribution in [0.4, 0.5) is 10.1 Å². The minimum atomic E-state index is -0.420. The van der Waals surface area contributed by atoms with Gasteiger partial charge in [-0.2, -0.15) is 0 Å². The second kappa shape index (κ2) is 6.84. The third-order valence-corrected chi connectivity index (χ3v) is 4.00. The van der Waals surface area contributed by atoms with Crippen LogP contribution in [0, 0.1) is 11.7 Å². The van der Waals surface area contributed by atoms with Gasteiger partial charge in [0.2, 0.25) is 5.91 Å². The Kier molecular flexibility index (Phi) is 5.12. The molecule has 2 N–H and O–H groups in total. The van der Waals surface area contributed by atoms with Gasteiger partial charge in [0.05, 0.1) is 0 Å². The molecule has 3 nitrogen and oxygen atoms in total. The molecule has 1 aliphatic rings.